The SMILES string of the molecule is CC1(C)COCCN1c1cc2c(cc1Br)C(=O)C(=O)N2. The third-order valence-electron chi connectivity index (χ3n) is 3.72. The van der Waals surface area contributed by atoms with Crippen molar-refractivity contribution < 1.29 is 14.3 Å². The standard InChI is InChI=1S/C14H15BrN2O3/c1-14(2)7-20-4-3-17(14)11-6-10-8(5-9(11)15)12(18)13(19)16-10/h5-6H,3-4,7H2,1-2H3,(H,16,18,19). The molecule has 5 nitrogen and oxygen atoms in total. The molecule has 1 fully saturated rings. The van der Waals surface area contributed by atoms with Crippen LogP contribution in [0, 0.1) is 0 Å². The molecule has 3 rings (SSSR count). The second-order valence-electron chi connectivity index (χ2n) is 5.65. The summed E-state index contributed by atoms with van der Waals surface area (Å²) in [6.45, 7) is 6.29. The van der Waals surface area contributed by atoms with Crippen LogP contribution >= 0.6 is 15.9 Å². The summed E-state index contributed by atoms with van der Waals surface area (Å²) in [7, 11) is 0. The highest BCUT2D eigenvalue weighted by Gasteiger charge is 2.34. The molecule has 0 bridgehead atoms. The minimum Gasteiger partial charge on any atom is -0.377 e. The van der Waals surface area contributed by atoms with Crippen molar-refractivity contribution in [1.82, 2.24) is 0 Å². The molecule has 0 saturated carbocycles. The number of nitrogens with zero attached hydrogens (tertiary/aromatic N) is 1. The van der Waals surface area contributed by atoms with Crippen molar-refractivity contribution >= 4 is 39.0 Å². The van der Waals surface area contributed by atoms with Gasteiger partial charge in [0, 0.05) is 11.0 Å². The van der Waals surface area contributed by atoms with E-state index in [4.69, 9.17) is 4.74 Å². The number of carbonyl (C=O) groups is 2. The molecular formula is C14H15BrN2O3. The van der Waals surface area contributed by atoms with Crippen LogP contribution in [0.1, 0.15) is 24.2 Å². The van der Waals surface area contributed by atoms with Gasteiger partial charge in [-0.25, -0.2) is 0 Å². The normalized spacial score (nSPS) is 20.9. The largest absolute Gasteiger partial charge is 0.377 e. The van der Waals surface area contributed by atoms with Crippen LogP contribution in [0.5, 0.6) is 0 Å². The first-order valence-corrected chi connectivity index (χ1v) is 7.24. The van der Waals surface area contributed by atoms with Crippen LogP contribution in [0.2, 0.25) is 0 Å². The van der Waals surface area contributed by atoms with Crippen molar-refractivity contribution in [2.24, 2.45) is 0 Å². The minimum absolute atomic E-state index is 0.137. The maximum absolute atomic E-state index is 11.7. The molecule has 106 valence electrons. The van der Waals surface area contributed by atoms with Crippen molar-refractivity contribution in [3.63, 3.8) is 0 Å². The average Bonchev–Trinajstić information content (AvgIpc) is 2.65. The van der Waals surface area contributed by atoms with E-state index < -0.39 is 11.7 Å². The van der Waals surface area contributed by atoms with Gasteiger partial charge in [-0.15, -0.1) is 0 Å². The van der Waals surface area contributed by atoms with Crippen LogP contribution in [-0.4, -0.2) is 37.0 Å². The van der Waals surface area contributed by atoms with Crippen molar-refractivity contribution in [3.05, 3.63) is 22.2 Å². The number of hydrogen-bond acceptors (Lipinski definition) is 4. The van der Waals surface area contributed by atoms with Crippen LogP contribution < -0.4 is 10.2 Å². The Morgan fingerprint density at radius 2 is 2.10 bits per heavy atom. The number of ketones is 1. The number of nitrogens with one attached hydrogen (secondary N) is 1. The molecule has 1 amide bonds. The van der Waals surface area contributed by atoms with E-state index in [1.807, 2.05) is 6.07 Å². The zero-order valence-electron chi connectivity index (χ0n) is 11.3. The number of fused-ring (bicyclic) bond motifs is 1. The molecule has 6 heteroatoms. The summed E-state index contributed by atoms with van der Waals surface area (Å²) in [5.74, 6) is -1.04. The highest BCUT2D eigenvalue weighted by atomic mass is 79.9. The molecule has 20 heavy (non-hydrogen) atoms. The van der Waals surface area contributed by atoms with E-state index in [-0.39, 0.29) is 5.54 Å². The number of halogens is 1. The lowest BCUT2D eigenvalue weighted by Gasteiger charge is -2.44. The molecule has 0 radical (unpaired) electrons. The Morgan fingerprint density at radius 1 is 1.35 bits per heavy atom. The molecular weight excluding hydrogens is 324 g/mol. The van der Waals surface area contributed by atoms with Gasteiger partial charge in [-0.05, 0) is 41.9 Å². The number of carbonyl (C=O) groups excluding carboxylic acids is 2. The quantitative estimate of drug-likeness (QED) is 0.797. The van der Waals surface area contributed by atoms with E-state index in [1.165, 1.54) is 0 Å². The fraction of sp³-hybridized carbons (Fsp3) is 0.429. The minimum atomic E-state index is -0.565. The predicted molar refractivity (Wildman–Crippen MR) is 79.3 cm³/mol. The van der Waals surface area contributed by atoms with Crippen LogP contribution in [0.15, 0.2) is 16.6 Å². The first-order valence-electron chi connectivity index (χ1n) is 6.45. The zero-order chi connectivity index (χ0) is 14.5. The number of hydrogen-bond donors (Lipinski definition) is 1. The van der Waals surface area contributed by atoms with E-state index in [0.717, 1.165) is 16.7 Å². The zero-order valence-corrected chi connectivity index (χ0v) is 12.9. The Bertz CT molecular complexity index is 613. The summed E-state index contributed by atoms with van der Waals surface area (Å²) in [6.07, 6.45) is 0. The highest BCUT2D eigenvalue weighted by Crippen LogP contribution is 2.38. The smallest absolute Gasteiger partial charge is 0.296 e. The van der Waals surface area contributed by atoms with Gasteiger partial charge in [0.2, 0.25) is 0 Å². The molecule has 1 aromatic carbocycles. The first kappa shape index (κ1) is 13.6. The fourth-order valence-corrected chi connectivity index (χ4v) is 3.22. The molecule has 2 aliphatic rings. The van der Waals surface area contributed by atoms with Gasteiger partial charge in [-0.1, -0.05) is 0 Å². The van der Waals surface area contributed by atoms with Gasteiger partial charge >= 0.3 is 0 Å². The second kappa shape index (κ2) is 4.56. The Hall–Kier alpha value is -1.40. The Balaban J connectivity index is 2.06. The van der Waals surface area contributed by atoms with Gasteiger partial charge in [-0.3, -0.25) is 9.59 Å². The number of benzene rings is 1. The molecule has 2 heterocycles. The van der Waals surface area contributed by atoms with Gasteiger partial charge in [0.1, 0.15) is 0 Å². The summed E-state index contributed by atoms with van der Waals surface area (Å²) in [4.78, 5) is 25.4. The molecule has 0 atom stereocenters. The molecule has 0 spiro atoms. The molecule has 0 aliphatic carbocycles. The van der Waals surface area contributed by atoms with E-state index in [0.29, 0.717) is 24.5 Å². The number of ether oxygens (including phenoxy) is 1. The summed E-state index contributed by atoms with van der Waals surface area (Å²) in [5.41, 5.74) is 1.84. The summed E-state index contributed by atoms with van der Waals surface area (Å²) in [6, 6.07) is 3.58. The summed E-state index contributed by atoms with van der Waals surface area (Å²) < 4.78 is 6.34. The number of morpholine rings is 1. The number of amides is 1. The van der Waals surface area contributed by atoms with E-state index in [1.54, 1.807) is 6.07 Å². The molecule has 1 N–H and O–H groups in total. The topological polar surface area (TPSA) is 58.6 Å². The maximum Gasteiger partial charge on any atom is 0.296 e. The molecule has 1 aromatic rings. The van der Waals surface area contributed by atoms with Crippen LogP contribution in [-0.2, 0) is 9.53 Å². The average molecular weight is 339 g/mol. The Labute approximate surface area is 125 Å². The predicted octanol–water partition coefficient (Wildman–Crippen LogP) is 2.20. The van der Waals surface area contributed by atoms with Crippen molar-refractivity contribution in [3.8, 4) is 0 Å². The van der Waals surface area contributed by atoms with Gasteiger partial charge in [0.25, 0.3) is 11.7 Å². The van der Waals surface area contributed by atoms with Crippen molar-refractivity contribution in [2.75, 3.05) is 30.0 Å². The Morgan fingerprint density at radius 3 is 2.80 bits per heavy atom. The van der Waals surface area contributed by atoms with Crippen LogP contribution in [0.25, 0.3) is 0 Å². The van der Waals surface area contributed by atoms with Crippen molar-refractivity contribution in [2.45, 2.75) is 19.4 Å². The lowest BCUT2D eigenvalue weighted by molar-refractivity contribution is -0.112. The third kappa shape index (κ3) is 2.03. The van der Waals surface area contributed by atoms with Gasteiger partial charge < -0.3 is 15.0 Å². The van der Waals surface area contributed by atoms with Crippen molar-refractivity contribution in [1.29, 1.82) is 0 Å². The second-order valence-corrected chi connectivity index (χ2v) is 6.50. The lowest BCUT2D eigenvalue weighted by Crippen LogP contribution is -2.53. The lowest BCUT2D eigenvalue weighted by atomic mass is 10.0. The number of rotatable bonds is 1. The van der Waals surface area contributed by atoms with Crippen LogP contribution in [0.4, 0.5) is 11.4 Å². The highest BCUT2D eigenvalue weighted by molar-refractivity contribution is 9.10. The molecule has 1 saturated heterocycles. The van der Waals surface area contributed by atoms with Gasteiger partial charge in [-0.2, -0.15) is 0 Å². The number of Topliss-reactive ketones (excluding diaryl/α,β-unsaturated/α-hetero) is 1. The molecule has 2 aliphatic heterocycles. The van der Waals surface area contributed by atoms with Gasteiger partial charge in [0.15, 0.2) is 0 Å². The van der Waals surface area contributed by atoms with Crippen LogP contribution in [0.3, 0.4) is 0 Å². The summed E-state index contributed by atoms with van der Waals surface area (Å²) in [5, 5.41) is 2.61. The fourth-order valence-electron chi connectivity index (χ4n) is 2.67. The number of anilines is 2. The third-order valence-corrected chi connectivity index (χ3v) is 4.36. The summed E-state index contributed by atoms with van der Waals surface area (Å²) >= 11 is 3.51. The monoisotopic (exact) mass is 338 g/mol. The van der Waals surface area contributed by atoms with E-state index >= 15 is 0 Å². The maximum atomic E-state index is 11.7. The first-order chi connectivity index (χ1) is 9.40. The van der Waals surface area contributed by atoms with E-state index in [2.05, 4.69) is 40.0 Å². The Kier molecular flexibility index (Phi) is 3.10. The molecule has 0 unspecified atom stereocenters. The van der Waals surface area contributed by atoms with Gasteiger partial charge in [0.05, 0.1) is 35.7 Å². The molecule has 0 aromatic heterocycles. The van der Waals surface area contributed by atoms with E-state index in [9.17, 15) is 9.59 Å².